The summed E-state index contributed by atoms with van der Waals surface area (Å²) in [6, 6.07) is 8.60. The number of esters is 1. The maximum absolute atomic E-state index is 13.6. The van der Waals surface area contributed by atoms with Crippen LogP contribution in [0.1, 0.15) is 28.9 Å². The molecule has 3 N–H and O–H groups in total. The van der Waals surface area contributed by atoms with Gasteiger partial charge in [0.05, 0.1) is 16.5 Å². The topological polar surface area (TPSA) is 116 Å². The molecule has 2 aromatic carbocycles. The monoisotopic (exact) mass is 414 g/mol. The highest BCUT2D eigenvalue weighted by Crippen LogP contribution is 2.17. The third-order valence-electron chi connectivity index (χ3n) is 3.57. The molecular weight excluding hydrogens is 399 g/mol. The lowest BCUT2D eigenvalue weighted by atomic mass is 10.1. The molecule has 1 amide bonds. The zero-order valence-corrected chi connectivity index (χ0v) is 15.7. The molecule has 0 heterocycles. The zero-order valence-electron chi connectivity index (χ0n) is 14.1. The summed E-state index contributed by atoms with van der Waals surface area (Å²) >= 11 is 5.60. The highest BCUT2D eigenvalue weighted by Gasteiger charge is 2.17. The Kier molecular flexibility index (Phi) is 6.53. The van der Waals surface area contributed by atoms with Gasteiger partial charge in [0.1, 0.15) is 5.82 Å². The summed E-state index contributed by atoms with van der Waals surface area (Å²) in [7, 11) is -3.80. The first-order chi connectivity index (χ1) is 12.6. The number of nitrogens with two attached hydrogens (primary N) is 1. The van der Waals surface area contributed by atoms with E-state index < -0.39 is 40.4 Å². The van der Waals surface area contributed by atoms with Crippen LogP contribution in [0, 0.1) is 5.82 Å². The van der Waals surface area contributed by atoms with Crippen LogP contribution in [0.25, 0.3) is 0 Å². The molecule has 0 unspecified atom stereocenters. The zero-order chi connectivity index (χ0) is 20.2. The molecule has 2 aromatic rings. The van der Waals surface area contributed by atoms with Crippen molar-refractivity contribution < 1.29 is 27.1 Å². The van der Waals surface area contributed by atoms with E-state index in [1.165, 1.54) is 30.3 Å². The van der Waals surface area contributed by atoms with Crippen molar-refractivity contribution in [3.05, 3.63) is 64.4 Å². The maximum Gasteiger partial charge on any atom is 0.341 e. The predicted molar refractivity (Wildman–Crippen MR) is 96.1 cm³/mol. The number of carbonyl (C=O) groups is 2. The number of benzene rings is 2. The quantitative estimate of drug-likeness (QED) is 0.703. The molecule has 7 nitrogen and oxygen atoms in total. The normalized spacial score (nSPS) is 12.3. The minimum Gasteiger partial charge on any atom is -0.452 e. The fraction of sp³-hybridized carbons (Fsp3) is 0.176. The number of rotatable bonds is 6. The smallest absolute Gasteiger partial charge is 0.341 e. The van der Waals surface area contributed by atoms with Crippen LogP contribution in [0.15, 0.2) is 47.4 Å². The van der Waals surface area contributed by atoms with Crippen LogP contribution in [0.4, 0.5) is 4.39 Å². The van der Waals surface area contributed by atoms with Gasteiger partial charge in [0.2, 0.25) is 10.0 Å². The molecule has 0 aromatic heterocycles. The number of amides is 1. The first-order valence-electron chi connectivity index (χ1n) is 7.62. The highest BCUT2D eigenvalue weighted by molar-refractivity contribution is 7.89. The van der Waals surface area contributed by atoms with E-state index >= 15 is 0 Å². The van der Waals surface area contributed by atoms with Gasteiger partial charge in [0, 0.05) is 5.02 Å². The first kappa shape index (κ1) is 20.8. The van der Waals surface area contributed by atoms with Crippen molar-refractivity contribution in [1.82, 2.24) is 5.32 Å². The predicted octanol–water partition coefficient (Wildman–Crippen LogP) is 2.16. The number of ether oxygens (including phenoxy) is 1. The standard InChI is InChI=1S/C17H16ClFN2O5S/c1-10(11-2-5-13(6-3-11)27(20,24)25)21-16(22)9-26-17(23)14-7-4-12(18)8-15(14)19/h2-8,10H,9H2,1H3,(H,21,22)(H2,20,24,25)/t10-/m0/s1. The molecule has 0 aliphatic rings. The largest absolute Gasteiger partial charge is 0.452 e. The van der Waals surface area contributed by atoms with E-state index in [0.717, 1.165) is 12.1 Å². The highest BCUT2D eigenvalue weighted by atomic mass is 35.5. The van der Waals surface area contributed by atoms with E-state index in [9.17, 15) is 22.4 Å². The molecule has 0 bridgehead atoms. The van der Waals surface area contributed by atoms with Gasteiger partial charge in [0.25, 0.3) is 5.91 Å². The van der Waals surface area contributed by atoms with E-state index in [4.69, 9.17) is 21.5 Å². The number of hydrogen-bond acceptors (Lipinski definition) is 5. The molecule has 0 saturated carbocycles. The van der Waals surface area contributed by atoms with Crippen molar-refractivity contribution in [2.24, 2.45) is 5.14 Å². The van der Waals surface area contributed by atoms with Gasteiger partial charge in [-0.25, -0.2) is 22.7 Å². The van der Waals surface area contributed by atoms with Gasteiger partial charge in [0.15, 0.2) is 6.61 Å². The molecule has 2 rings (SSSR count). The van der Waals surface area contributed by atoms with Crippen LogP contribution >= 0.6 is 11.6 Å². The Hall–Kier alpha value is -2.49. The Labute approximate surface area is 160 Å². The third-order valence-corrected chi connectivity index (χ3v) is 4.74. The van der Waals surface area contributed by atoms with Gasteiger partial charge in [-0.15, -0.1) is 0 Å². The molecule has 0 spiro atoms. The van der Waals surface area contributed by atoms with Crippen molar-refractivity contribution in [2.45, 2.75) is 17.9 Å². The average Bonchev–Trinajstić information content (AvgIpc) is 2.59. The van der Waals surface area contributed by atoms with Gasteiger partial charge < -0.3 is 10.1 Å². The van der Waals surface area contributed by atoms with E-state index in [1.54, 1.807) is 6.92 Å². The Morgan fingerprint density at radius 2 is 1.85 bits per heavy atom. The minimum absolute atomic E-state index is 0.0521. The fourth-order valence-electron chi connectivity index (χ4n) is 2.18. The van der Waals surface area contributed by atoms with E-state index in [1.807, 2.05) is 0 Å². The summed E-state index contributed by atoms with van der Waals surface area (Å²) in [5, 5.41) is 7.72. The first-order valence-corrected chi connectivity index (χ1v) is 9.54. The van der Waals surface area contributed by atoms with E-state index in [2.05, 4.69) is 5.32 Å². The molecule has 0 fully saturated rings. The number of carbonyl (C=O) groups excluding carboxylic acids is 2. The van der Waals surface area contributed by atoms with Gasteiger partial charge in [-0.1, -0.05) is 23.7 Å². The van der Waals surface area contributed by atoms with Crippen LogP contribution in [0.2, 0.25) is 5.02 Å². The number of sulfonamides is 1. The van der Waals surface area contributed by atoms with Gasteiger partial charge >= 0.3 is 5.97 Å². The summed E-state index contributed by atoms with van der Waals surface area (Å²) in [5.74, 6) is -2.46. The number of hydrogen-bond donors (Lipinski definition) is 2. The van der Waals surface area contributed by atoms with E-state index in [0.29, 0.717) is 5.56 Å². The molecular formula is C17H16ClFN2O5S. The Balaban J connectivity index is 1.92. The van der Waals surface area contributed by atoms with Crippen molar-refractivity contribution in [1.29, 1.82) is 0 Å². The molecule has 27 heavy (non-hydrogen) atoms. The second-order valence-corrected chi connectivity index (χ2v) is 7.60. The number of nitrogens with one attached hydrogen (secondary N) is 1. The van der Waals surface area contributed by atoms with Crippen molar-refractivity contribution in [3.63, 3.8) is 0 Å². The number of halogens is 2. The second-order valence-electron chi connectivity index (χ2n) is 5.60. The molecule has 144 valence electrons. The SMILES string of the molecule is C[C@H](NC(=O)COC(=O)c1ccc(Cl)cc1F)c1ccc(S(N)(=O)=O)cc1. The van der Waals surface area contributed by atoms with Crippen LogP contribution in [-0.4, -0.2) is 26.9 Å². The average molecular weight is 415 g/mol. The summed E-state index contributed by atoms with van der Waals surface area (Å²) < 4.78 is 40.9. The van der Waals surface area contributed by atoms with Gasteiger partial charge in [-0.3, -0.25) is 4.79 Å². The Morgan fingerprint density at radius 3 is 2.41 bits per heavy atom. The van der Waals surface area contributed by atoms with Crippen molar-refractivity contribution >= 4 is 33.5 Å². The molecule has 10 heteroatoms. The Bertz CT molecular complexity index is 964. The van der Waals surface area contributed by atoms with Crippen molar-refractivity contribution in [3.8, 4) is 0 Å². The molecule has 0 aliphatic carbocycles. The summed E-state index contributed by atoms with van der Waals surface area (Å²) in [5.41, 5.74) is 0.282. The van der Waals surface area contributed by atoms with Crippen LogP contribution in [-0.2, 0) is 19.6 Å². The second kappa shape index (κ2) is 8.47. The third kappa shape index (κ3) is 5.75. The van der Waals surface area contributed by atoms with Crippen molar-refractivity contribution in [2.75, 3.05) is 6.61 Å². The minimum atomic E-state index is -3.80. The van der Waals surface area contributed by atoms with E-state index in [-0.39, 0.29) is 15.5 Å². The number of primary sulfonamides is 1. The molecule has 1 atom stereocenters. The lowest BCUT2D eigenvalue weighted by Gasteiger charge is -2.15. The maximum atomic E-state index is 13.6. The molecule has 0 radical (unpaired) electrons. The Morgan fingerprint density at radius 1 is 1.22 bits per heavy atom. The lowest BCUT2D eigenvalue weighted by molar-refractivity contribution is -0.124. The lowest BCUT2D eigenvalue weighted by Crippen LogP contribution is -2.31. The fourth-order valence-corrected chi connectivity index (χ4v) is 2.85. The van der Waals surface area contributed by atoms with Crippen LogP contribution in [0.5, 0.6) is 0 Å². The van der Waals surface area contributed by atoms with Gasteiger partial charge in [-0.2, -0.15) is 0 Å². The van der Waals surface area contributed by atoms with Crippen LogP contribution in [0.3, 0.4) is 0 Å². The van der Waals surface area contributed by atoms with Gasteiger partial charge in [-0.05, 0) is 42.8 Å². The molecule has 0 saturated heterocycles. The molecule has 0 aliphatic heterocycles. The summed E-state index contributed by atoms with van der Waals surface area (Å²) in [6.45, 7) is 1.05. The summed E-state index contributed by atoms with van der Waals surface area (Å²) in [4.78, 5) is 23.7. The van der Waals surface area contributed by atoms with Crippen LogP contribution < -0.4 is 10.5 Å². The summed E-state index contributed by atoms with van der Waals surface area (Å²) in [6.07, 6.45) is 0.